The van der Waals surface area contributed by atoms with Gasteiger partial charge >= 0.3 is 0 Å². The minimum atomic E-state index is -1.25. The number of rotatable bonds is 25. The number of carbonyl (C=O) groups excluding carboxylic acids is 6. The predicted molar refractivity (Wildman–Crippen MR) is 251 cm³/mol. The second-order valence-electron chi connectivity index (χ2n) is 16.3. The molecule has 0 aliphatic rings. The van der Waals surface area contributed by atoms with Gasteiger partial charge in [0.05, 0.1) is 6.04 Å². The van der Waals surface area contributed by atoms with Gasteiger partial charge in [-0.3, -0.25) is 28.8 Å². The van der Waals surface area contributed by atoms with Crippen molar-refractivity contribution in [3.63, 3.8) is 0 Å². The molecule has 0 saturated carbocycles. The maximum absolute atomic E-state index is 14.7. The Morgan fingerprint density at radius 1 is 0.508 bits per heavy atom. The number of aromatic amines is 1. The molecule has 0 saturated heterocycles. The SMILES string of the molecule is Cc1ccc(C[C@H](NC(=O)[C@@H](Cc2ccccc2)NC(=O)[C@@H](Cc2c[nH]c3ccccc23)NC(=O)[C@@H](N)CCCN)C(=O)N[C@H](Cc2ccccc2)C(=O)N[C@H](CCCN)C(N)=O)cc1. The van der Waals surface area contributed by atoms with E-state index >= 15 is 0 Å². The van der Waals surface area contributed by atoms with Gasteiger partial charge in [-0.25, -0.2) is 0 Å². The Balaban J connectivity index is 1.45. The number of aromatic nitrogens is 1. The molecule has 0 bridgehead atoms. The first-order valence-corrected chi connectivity index (χ1v) is 22.0. The van der Waals surface area contributed by atoms with Crippen molar-refractivity contribution in [2.75, 3.05) is 13.1 Å². The van der Waals surface area contributed by atoms with Gasteiger partial charge in [-0.1, -0.05) is 109 Å². The van der Waals surface area contributed by atoms with Crippen molar-refractivity contribution < 1.29 is 28.8 Å². The van der Waals surface area contributed by atoms with Crippen LogP contribution in [0.1, 0.15) is 53.5 Å². The molecule has 16 nitrogen and oxygen atoms in total. The first kappa shape index (κ1) is 49.1. The van der Waals surface area contributed by atoms with Gasteiger partial charge in [0.1, 0.15) is 30.2 Å². The lowest BCUT2D eigenvalue weighted by Crippen LogP contribution is -2.60. The summed E-state index contributed by atoms with van der Waals surface area (Å²) in [7, 11) is 0. The van der Waals surface area contributed by atoms with Gasteiger partial charge in [0.2, 0.25) is 35.4 Å². The third-order valence-electron chi connectivity index (χ3n) is 11.2. The Bertz CT molecular complexity index is 2340. The van der Waals surface area contributed by atoms with E-state index in [0.29, 0.717) is 36.9 Å². The number of fused-ring (bicyclic) bond motifs is 1. The number of benzene rings is 4. The summed E-state index contributed by atoms with van der Waals surface area (Å²) in [6, 6.07) is 26.3. The van der Waals surface area contributed by atoms with Crippen molar-refractivity contribution in [3.8, 4) is 0 Å². The second kappa shape index (κ2) is 24.8. The zero-order valence-corrected chi connectivity index (χ0v) is 36.8. The van der Waals surface area contributed by atoms with Crippen molar-refractivity contribution in [2.24, 2.45) is 22.9 Å². The molecule has 5 rings (SSSR count). The van der Waals surface area contributed by atoms with Crippen LogP contribution in [0.5, 0.6) is 0 Å². The molecule has 0 radical (unpaired) electrons. The van der Waals surface area contributed by atoms with Crippen molar-refractivity contribution in [1.29, 1.82) is 0 Å². The lowest BCUT2D eigenvalue weighted by atomic mass is 9.99. The summed E-state index contributed by atoms with van der Waals surface area (Å²) in [5.74, 6) is -3.97. The van der Waals surface area contributed by atoms with Gasteiger partial charge in [-0.2, -0.15) is 0 Å². The zero-order chi connectivity index (χ0) is 46.7. The summed E-state index contributed by atoms with van der Waals surface area (Å²) in [5, 5.41) is 15.0. The lowest BCUT2D eigenvalue weighted by Gasteiger charge is -2.27. The van der Waals surface area contributed by atoms with Crippen LogP contribution >= 0.6 is 0 Å². The highest BCUT2D eigenvalue weighted by molar-refractivity contribution is 5.97. The highest BCUT2D eigenvalue weighted by atomic mass is 16.2. The molecule has 344 valence electrons. The first-order valence-electron chi connectivity index (χ1n) is 22.0. The lowest BCUT2D eigenvalue weighted by molar-refractivity contribution is -0.135. The predicted octanol–water partition coefficient (Wildman–Crippen LogP) is 1.46. The van der Waals surface area contributed by atoms with E-state index in [-0.39, 0.29) is 38.6 Å². The molecular weight excluding hydrogens is 825 g/mol. The van der Waals surface area contributed by atoms with E-state index in [9.17, 15) is 28.8 Å². The van der Waals surface area contributed by atoms with Gasteiger partial charge in [0, 0.05) is 42.8 Å². The maximum atomic E-state index is 14.7. The fourth-order valence-electron chi connectivity index (χ4n) is 7.46. The molecule has 0 spiro atoms. The summed E-state index contributed by atoms with van der Waals surface area (Å²) in [4.78, 5) is 86.6. The Morgan fingerprint density at radius 3 is 1.42 bits per heavy atom. The topological polar surface area (TPSA) is 282 Å². The van der Waals surface area contributed by atoms with Crippen LogP contribution < -0.4 is 49.5 Å². The number of para-hydroxylation sites is 1. The average Bonchev–Trinajstić information content (AvgIpc) is 3.72. The monoisotopic (exact) mass is 886 g/mol. The third kappa shape index (κ3) is 15.1. The minimum Gasteiger partial charge on any atom is -0.368 e. The molecule has 6 atom stereocenters. The molecule has 14 N–H and O–H groups in total. The van der Waals surface area contributed by atoms with E-state index in [0.717, 1.165) is 27.6 Å². The van der Waals surface area contributed by atoms with Crippen LogP contribution in [0, 0.1) is 6.92 Å². The van der Waals surface area contributed by atoms with Crippen LogP contribution in [0.15, 0.2) is 115 Å². The largest absolute Gasteiger partial charge is 0.368 e. The number of hydrogen-bond acceptors (Lipinski definition) is 9. The first-order chi connectivity index (χ1) is 31.3. The molecular formula is C49H62N10O6. The molecule has 1 aromatic heterocycles. The zero-order valence-electron chi connectivity index (χ0n) is 36.8. The smallest absolute Gasteiger partial charge is 0.243 e. The normalized spacial score (nSPS) is 13.9. The van der Waals surface area contributed by atoms with E-state index in [2.05, 4.69) is 31.6 Å². The number of amides is 6. The van der Waals surface area contributed by atoms with E-state index in [4.69, 9.17) is 22.9 Å². The Hall–Kier alpha value is -6.88. The molecule has 0 aliphatic carbocycles. The summed E-state index contributed by atoms with van der Waals surface area (Å²) >= 11 is 0. The van der Waals surface area contributed by atoms with E-state index in [1.165, 1.54) is 0 Å². The molecule has 16 heteroatoms. The number of nitrogens with one attached hydrogen (secondary N) is 6. The highest BCUT2D eigenvalue weighted by Gasteiger charge is 2.33. The summed E-state index contributed by atoms with van der Waals surface area (Å²) in [6.45, 7) is 2.54. The fourth-order valence-corrected chi connectivity index (χ4v) is 7.46. The number of H-pyrrole nitrogens is 1. The van der Waals surface area contributed by atoms with Crippen molar-refractivity contribution >= 4 is 46.3 Å². The molecule has 65 heavy (non-hydrogen) atoms. The van der Waals surface area contributed by atoms with Crippen molar-refractivity contribution in [1.82, 2.24) is 31.6 Å². The van der Waals surface area contributed by atoms with Crippen molar-refractivity contribution in [2.45, 2.75) is 94.5 Å². The van der Waals surface area contributed by atoms with Crippen LogP contribution in [0.25, 0.3) is 10.9 Å². The van der Waals surface area contributed by atoms with Crippen LogP contribution in [0.2, 0.25) is 0 Å². The number of aryl methyl sites for hydroxylation is 1. The number of carbonyl (C=O) groups is 6. The van der Waals surface area contributed by atoms with E-state index in [1.54, 1.807) is 42.6 Å². The maximum Gasteiger partial charge on any atom is 0.243 e. The Labute approximate surface area is 379 Å². The van der Waals surface area contributed by atoms with Gasteiger partial charge < -0.3 is 54.5 Å². The van der Waals surface area contributed by atoms with Crippen LogP contribution in [0.3, 0.4) is 0 Å². The van der Waals surface area contributed by atoms with E-state index in [1.807, 2.05) is 79.7 Å². The highest BCUT2D eigenvalue weighted by Crippen LogP contribution is 2.20. The second-order valence-corrected chi connectivity index (χ2v) is 16.3. The standard InChI is InChI=1S/C49H62N10O6/c1-31-20-22-34(23-21-31)28-42(48(64)57-40(26-32-12-4-2-5-13-32)46(62)55-39(44(53)60)19-11-25-51)58-47(63)41(27-33-14-6-3-7-15-33)59-49(65)43(56-45(61)37(52)17-10-24-50)29-35-30-54-38-18-9-8-16-36(35)38/h2-9,12-16,18,20-23,30,37,39-43,54H,10-11,17,19,24-29,50-52H2,1H3,(H2,53,60)(H,55,62)(H,56,61)(H,57,64)(H,58,63)(H,59,65)/t37-,39+,40+,41+,42-,43+/m0/s1. The van der Waals surface area contributed by atoms with Crippen LogP contribution in [-0.4, -0.2) is 89.8 Å². The van der Waals surface area contributed by atoms with Gasteiger partial charge in [0.15, 0.2) is 0 Å². The number of primary amides is 1. The number of nitrogens with two attached hydrogens (primary N) is 4. The molecule has 0 aliphatic heterocycles. The Morgan fingerprint density at radius 2 is 0.923 bits per heavy atom. The van der Waals surface area contributed by atoms with Gasteiger partial charge in [-0.05, 0) is 74.0 Å². The molecule has 6 amide bonds. The molecule has 1 heterocycles. The van der Waals surface area contributed by atoms with E-state index < -0.39 is 71.7 Å². The Kier molecular flexibility index (Phi) is 18.8. The van der Waals surface area contributed by atoms with Gasteiger partial charge in [0.25, 0.3) is 0 Å². The number of hydrogen-bond donors (Lipinski definition) is 10. The quantitative estimate of drug-likeness (QED) is 0.0406. The average molecular weight is 887 g/mol. The molecule has 0 fully saturated rings. The van der Waals surface area contributed by atoms with Gasteiger partial charge in [-0.15, -0.1) is 0 Å². The summed E-state index contributed by atoms with van der Waals surface area (Å²) < 4.78 is 0. The molecule has 5 aromatic rings. The molecule has 0 unspecified atom stereocenters. The summed E-state index contributed by atoms with van der Waals surface area (Å²) in [6.07, 6.45) is 3.38. The minimum absolute atomic E-state index is 0.0177. The fraction of sp³-hybridized carbons (Fsp3) is 0.347. The van der Waals surface area contributed by atoms with Crippen LogP contribution in [0.4, 0.5) is 0 Å². The summed E-state index contributed by atoms with van der Waals surface area (Å²) in [5.41, 5.74) is 27.9. The third-order valence-corrected chi connectivity index (χ3v) is 11.2. The van der Waals surface area contributed by atoms with Crippen molar-refractivity contribution in [3.05, 3.63) is 143 Å². The molecule has 4 aromatic carbocycles. The van der Waals surface area contributed by atoms with Crippen LogP contribution in [-0.2, 0) is 54.5 Å².